The second-order valence-corrected chi connectivity index (χ2v) is 6.19. The Morgan fingerprint density at radius 2 is 2.24 bits per heavy atom. The summed E-state index contributed by atoms with van der Waals surface area (Å²) in [5, 5.41) is 7.12. The van der Waals surface area contributed by atoms with Crippen molar-refractivity contribution in [1.29, 1.82) is 0 Å². The molecule has 0 aromatic carbocycles. The van der Waals surface area contributed by atoms with E-state index in [2.05, 4.69) is 30.3 Å². The second kappa shape index (κ2) is 7.91. The number of amides is 1. The van der Waals surface area contributed by atoms with E-state index in [-0.39, 0.29) is 17.9 Å². The van der Waals surface area contributed by atoms with Gasteiger partial charge in [-0.25, -0.2) is 9.97 Å². The van der Waals surface area contributed by atoms with Gasteiger partial charge in [-0.2, -0.15) is 10.1 Å². The summed E-state index contributed by atoms with van der Waals surface area (Å²) < 4.78 is 6.85. The van der Waals surface area contributed by atoms with E-state index in [0.717, 1.165) is 25.9 Å². The first-order valence-corrected chi connectivity index (χ1v) is 8.40. The first-order valence-electron chi connectivity index (χ1n) is 8.40. The molecule has 9 nitrogen and oxygen atoms in total. The predicted octanol–water partition coefficient (Wildman–Crippen LogP) is 0.498. The van der Waals surface area contributed by atoms with Gasteiger partial charge < -0.3 is 15.0 Å². The molecule has 1 aliphatic rings. The molecule has 1 fully saturated rings. The Labute approximate surface area is 146 Å². The van der Waals surface area contributed by atoms with Gasteiger partial charge >= 0.3 is 0 Å². The maximum Gasteiger partial charge on any atom is 0.228 e. The third-order valence-electron chi connectivity index (χ3n) is 4.29. The number of carbonyl (C=O) groups is 1. The van der Waals surface area contributed by atoms with Crippen LogP contribution in [0.25, 0.3) is 0 Å². The zero-order valence-corrected chi connectivity index (χ0v) is 14.5. The lowest BCUT2D eigenvalue weighted by molar-refractivity contribution is -0.126. The molecule has 1 atom stereocenters. The van der Waals surface area contributed by atoms with Gasteiger partial charge in [0.05, 0.1) is 13.7 Å². The van der Waals surface area contributed by atoms with Gasteiger partial charge in [0.15, 0.2) is 0 Å². The average molecular weight is 345 g/mol. The highest BCUT2D eigenvalue weighted by Gasteiger charge is 2.27. The monoisotopic (exact) mass is 345 g/mol. The lowest BCUT2D eigenvalue weighted by Gasteiger charge is -2.31. The topological polar surface area (TPSA) is 98.1 Å². The molecule has 0 spiro atoms. The summed E-state index contributed by atoms with van der Waals surface area (Å²) in [5.41, 5.74) is 0. The molecule has 1 saturated heterocycles. The van der Waals surface area contributed by atoms with E-state index in [9.17, 15) is 4.79 Å². The summed E-state index contributed by atoms with van der Waals surface area (Å²) in [6.45, 7) is 4.09. The van der Waals surface area contributed by atoms with E-state index < -0.39 is 0 Å². The quantitative estimate of drug-likeness (QED) is 0.814. The van der Waals surface area contributed by atoms with Crippen LogP contribution in [0, 0.1) is 5.92 Å². The minimum Gasteiger partial charge on any atom is -0.481 e. The lowest BCUT2D eigenvalue weighted by Crippen LogP contribution is -2.44. The summed E-state index contributed by atoms with van der Waals surface area (Å²) in [6, 6.07) is 1.73. The van der Waals surface area contributed by atoms with Crippen molar-refractivity contribution in [3.8, 4) is 5.88 Å². The van der Waals surface area contributed by atoms with Crippen LogP contribution in [0.4, 0.5) is 5.95 Å². The van der Waals surface area contributed by atoms with Gasteiger partial charge in [0, 0.05) is 37.3 Å². The van der Waals surface area contributed by atoms with Crippen molar-refractivity contribution in [2.24, 2.45) is 5.92 Å². The molecular weight excluding hydrogens is 322 g/mol. The van der Waals surface area contributed by atoms with Crippen molar-refractivity contribution >= 4 is 11.9 Å². The molecule has 1 aliphatic heterocycles. The molecule has 0 bridgehead atoms. The van der Waals surface area contributed by atoms with Crippen LogP contribution >= 0.6 is 0 Å². The number of aromatic nitrogens is 5. The first kappa shape index (κ1) is 17.1. The van der Waals surface area contributed by atoms with E-state index >= 15 is 0 Å². The molecule has 1 N–H and O–H groups in total. The van der Waals surface area contributed by atoms with Crippen LogP contribution in [-0.4, -0.2) is 56.9 Å². The van der Waals surface area contributed by atoms with Crippen molar-refractivity contribution in [2.45, 2.75) is 32.4 Å². The minimum absolute atomic E-state index is 0.00828. The Hall–Kier alpha value is -2.71. The van der Waals surface area contributed by atoms with Crippen molar-refractivity contribution in [3.63, 3.8) is 0 Å². The maximum atomic E-state index is 12.5. The third kappa shape index (κ3) is 4.43. The van der Waals surface area contributed by atoms with E-state index in [1.807, 2.05) is 6.92 Å². The normalized spacial score (nSPS) is 16.5. The Morgan fingerprint density at radius 1 is 1.44 bits per heavy atom. The molecule has 134 valence electrons. The molecule has 25 heavy (non-hydrogen) atoms. The van der Waals surface area contributed by atoms with Crippen LogP contribution in [0.15, 0.2) is 24.9 Å². The summed E-state index contributed by atoms with van der Waals surface area (Å²) in [4.78, 5) is 27.1. The van der Waals surface area contributed by atoms with Gasteiger partial charge in [-0.1, -0.05) is 0 Å². The minimum atomic E-state index is 0.00828. The van der Waals surface area contributed by atoms with Gasteiger partial charge in [0.2, 0.25) is 17.7 Å². The summed E-state index contributed by atoms with van der Waals surface area (Å²) >= 11 is 0. The molecule has 1 unspecified atom stereocenters. The highest BCUT2D eigenvalue weighted by molar-refractivity contribution is 5.79. The second-order valence-electron chi connectivity index (χ2n) is 6.19. The van der Waals surface area contributed by atoms with Crippen LogP contribution in [0.3, 0.4) is 0 Å². The summed E-state index contributed by atoms with van der Waals surface area (Å²) in [5.74, 6) is 1.31. The zero-order chi connectivity index (χ0) is 17.6. The maximum absolute atomic E-state index is 12.5. The summed E-state index contributed by atoms with van der Waals surface area (Å²) in [7, 11) is 1.59. The fourth-order valence-electron chi connectivity index (χ4n) is 2.95. The third-order valence-corrected chi connectivity index (χ3v) is 4.29. The van der Waals surface area contributed by atoms with E-state index in [1.165, 1.54) is 6.33 Å². The highest BCUT2D eigenvalue weighted by Crippen LogP contribution is 2.22. The SMILES string of the molecule is COc1ccnc(N2CCC(C(=O)NC(C)Cn3cncn3)CC2)n1. The number of hydrogen-bond donors (Lipinski definition) is 1. The lowest BCUT2D eigenvalue weighted by atomic mass is 9.96. The Morgan fingerprint density at radius 3 is 2.92 bits per heavy atom. The number of hydrogen-bond acceptors (Lipinski definition) is 7. The molecular formula is C16H23N7O2. The van der Waals surface area contributed by atoms with Crippen LogP contribution in [-0.2, 0) is 11.3 Å². The molecule has 2 aromatic heterocycles. The van der Waals surface area contributed by atoms with E-state index in [1.54, 1.807) is 30.4 Å². The Bertz CT molecular complexity index is 684. The number of nitrogens with zero attached hydrogens (tertiary/aromatic N) is 6. The fourth-order valence-corrected chi connectivity index (χ4v) is 2.95. The molecule has 3 rings (SSSR count). The van der Waals surface area contributed by atoms with Crippen LogP contribution in [0.5, 0.6) is 5.88 Å². The number of piperidine rings is 1. The molecule has 1 amide bonds. The Kier molecular flexibility index (Phi) is 5.42. The number of carbonyl (C=O) groups excluding carboxylic acids is 1. The van der Waals surface area contributed by atoms with Gasteiger partial charge in [-0.15, -0.1) is 0 Å². The van der Waals surface area contributed by atoms with Crippen molar-refractivity contribution < 1.29 is 9.53 Å². The van der Waals surface area contributed by atoms with Crippen LogP contribution < -0.4 is 15.0 Å². The van der Waals surface area contributed by atoms with Gasteiger partial charge in [-0.3, -0.25) is 9.48 Å². The molecule has 0 saturated carbocycles. The fraction of sp³-hybridized carbons (Fsp3) is 0.562. The first-order chi connectivity index (χ1) is 12.2. The Balaban J connectivity index is 1.48. The van der Waals surface area contributed by atoms with Gasteiger partial charge in [0.1, 0.15) is 12.7 Å². The molecule has 0 radical (unpaired) electrons. The van der Waals surface area contributed by atoms with E-state index in [4.69, 9.17) is 4.74 Å². The highest BCUT2D eigenvalue weighted by atomic mass is 16.5. The largest absolute Gasteiger partial charge is 0.481 e. The molecule has 0 aliphatic carbocycles. The average Bonchev–Trinajstić information content (AvgIpc) is 3.14. The number of ether oxygens (including phenoxy) is 1. The van der Waals surface area contributed by atoms with Crippen LogP contribution in [0.1, 0.15) is 19.8 Å². The number of anilines is 1. The van der Waals surface area contributed by atoms with Gasteiger partial charge in [-0.05, 0) is 19.8 Å². The van der Waals surface area contributed by atoms with Crippen molar-refractivity contribution in [1.82, 2.24) is 30.0 Å². The molecule has 2 aromatic rings. The molecule has 3 heterocycles. The predicted molar refractivity (Wildman–Crippen MR) is 91.1 cm³/mol. The standard InChI is InChI=1S/C16H23N7O2/c1-12(9-23-11-17-10-19-23)20-15(24)13-4-7-22(8-5-13)16-18-6-3-14(21-16)25-2/h3,6,10-13H,4-5,7-9H2,1-2H3,(H,20,24). The summed E-state index contributed by atoms with van der Waals surface area (Å²) in [6.07, 6.45) is 6.39. The molecule has 9 heteroatoms. The van der Waals surface area contributed by atoms with Crippen LogP contribution in [0.2, 0.25) is 0 Å². The number of methoxy groups -OCH3 is 1. The van der Waals surface area contributed by atoms with E-state index in [0.29, 0.717) is 18.4 Å². The number of rotatable bonds is 6. The number of nitrogens with one attached hydrogen (secondary N) is 1. The van der Waals surface area contributed by atoms with Crippen molar-refractivity contribution in [3.05, 3.63) is 24.9 Å². The van der Waals surface area contributed by atoms with Gasteiger partial charge in [0.25, 0.3) is 0 Å². The smallest absolute Gasteiger partial charge is 0.228 e. The zero-order valence-electron chi connectivity index (χ0n) is 14.5. The van der Waals surface area contributed by atoms with Crippen molar-refractivity contribution in [2.75, 3.05) is 25.1 Å².